The number of thioether (sulfide) groups is 1. The van der Waals surface area contributed by atoms with Crippen LogP contribution < -0.4 is 10.6 Å². The molecule has 0 fully saturated rings. The number of hydrogen-bond donors (Lipinski definition) is 2. The monoisotopic (exact) mass is 446 g/mol. The van der Waals surface area contributed by atoms with Crippen molar-refractivity contribution in [1.29, 1.82) is 0 Å². The number of nitrogens with one attached hydrogen (secondary N) is 2. The third-order valence-corrected chi connectivity index (χ3v) is 4.86. The predicted molar refractivity (Wildman–Crippen MR) is 115 cm³/mol. The molecule has 0 saturated heterocycles. The molecule has 3 rings (SSSR count). The minimum atomic E-state index is -2.49. The summed E-state index contributed by atoms with van der Waals surface area (Å²) in [6.45, 7) is 1.52. The van der Waals surface area contributed by atoms with E-state index in [4.69, 9.17) is 4.52 Å². The largest absolute Gasteiger partial charge is 0.360 e. The molecule has 162 valence electrons. The van der Waals surface area contributed by atoms with E-state index >= 15 is 0 Å². The molecule has 1 heterocycles. The molecule has 2 aromatic carbocycles. The first kappa shape index (κ1) is 22.3. The zero-order valence-electron chi connectivity index (χ0n) is 16.8. The van der Waals surface area contributed by atoms with Gasteiger partial charge in [-0.25, -0.2) is 0 Å². The Balaban J connectivity index is 1.66. The molecule has 0 radical (unpaired) electrons. The van der Waals surface area contributed by atoms with Crippen LogP contribution in [0.1, 0.15) is 16.1 Å². The lowest BCUT2D eigenvalue weighted by molar-refractivity contribution is -0.116. The van der Waals surface area contributed by atoms with Gasteiger partial charge in [0, 0.05) is 23.7 Å². The Morgan fingerprint density at radius 3 is 2.52 bits per heavy atom. The number of hydrogen-bond acceptors (Lipinski definition) is 6. The molecule has 0 unspecified atom stereocenters. The van der Waals surface area contributed by atoms with Crippen molar-refractivity contribution in [3.8, 4) is 0 Å². The van der Waals surface area contributed by atoms with Crippen LogP contribution in [0.2, 0.25) is 0 Å². The van der Waals surface area contributed by atoms with Crippen molar-refractivity contribution >= 4 is 40.8 Å². The van der Waals surface area contributed by atoms with Gasteiger partial charge in [-0.3, -0.25) is 9.59 Å². The summed E-state index contributed by atoms with van der Waals surface area (Å²) in [7, 11) is 1.52. The maximum Gasteiger partial charge on any atom is 0.288 e. The Hall–Kier alpha value is -3.40. The SMILES string of the molecule is Cc1cc(NC(=O)CN(C)C(=O)c2ccccc2Nc2ccc(SC(F)F)cc2)no1. The molecule has 31 heavy (non-hydrogen) atoms. The van der Waals surface area contributed by atoms with Gasteiger partial charge in [0.05, 0.1) is 17.8 Å². The third kappa shape index (κ3) is 6.29. The van der Waals surface area contributed by atoms with Crippen LogP contribution in [0.15, 0.2) is 64.0 Å². The highest BCUT2D eigenvalue weighted by molar-refractivity contribution is 7.99. The molecule has 0 bridgehead atoms. The molecule has 7 nitrogen and oxygen atoms in total. The fourth-order valence-corrected chi connectivity index (χ4v) is 3.25. The lowest BCUT2D eigenvalue weighted by Crippen LogP contribution is -2.35. The number of amides is 2. The summed E-state index contributed by atoms with van der Waals surface area (Å²) in [4.78, 5) is 26.8. The van der Waals surface area contributed by atoms with Gasteiger partial charge in [0.1, 0.15) is 5.76 Å². The number of anilines is 3. The molecular formula is C21H20F2N4O3S. The first-order valence-electron chi connectivity index (χ1n) is 9.21. The average Bonchev–Trinajstić information content (AvgIpc) is 3.13. The van der Waals surface area contributed by atoms with Crippen LogP contribution in [0.25, 0.3) is 0 Å². The van der Waals surface area contributed by atoms with Crippen molar-refractivity contribution in [3.63, 3.8) is 0 Å². The number of halogens is 2. The summed E-state index contributed by atoms with van der Waals surface area (Å²) < 4.78 is 29.8. The molecule has 0 aliphatic carbocycles. The summed E-state index contributed by atoms with van der Waals surface area (Å²) in [6.07, 6.45) is 0. The zero-order valence-corrected chi connectivity index (χ0v) is 17.6. The molecule has 0 aliphatic heterocycles. The molecule has 1 aromatic heterocycles. The molecule has 2 N–H and O–H groups in total. The van der Waals surface area contributed by atoms with Crippen LogP contribution in [0.5, 0.6) is 0 Å². The van der Waals surface area contributed by atoms with Gasteiger partial charge in [0.15, 0.2) is 5.82 Å². The number of para-hydroxylation sites is 1. The lowest BCUT2D eigenvalue weighted by atomic mass is 10.1. The molecule has 10 heteroatoms. The van der Waals surface area contributed by atoms with Gasteiger partial charge in [-0.1, -0.05) is 29.1 Å². The first-order valence-corrected chi connectivity index (χ1v) is 10.1. The van der Waals surface area contributed by atoms with E-state index in [1.54, 1.807) is 61.5 Å². The topological polar surface area (TPSA) is 87.5 Å². The summed E-state index contributed by atoms with van der Waals surface area (Å²) in [6, 6.07) is 14.9. The zero-order chi connectivity index (χ0) is 22.4. The second-order valence-corrected chi connectivity index (χ2v) is 7.67. The van der Waals surface area contributed by atoms with Crippen LogP contribution in [0.4, 0.5) is 26.0 Å². The predicted octanol–water partition coefficient (Wildman–Crippen LogP) is 4.75. The molecule has 0 saturated carbocycles. The first-order chi connectivity index (χ1) is 14.8. The number of carbonyl (C=O) groups is 2. The second kappa shape index (κ2) is 10.1. The number of nitrogens with zero attached hydrogens (tertiary/aromatic N) is 2. The van der Waals surface area contributed by atoms with E-state index in [1.165, 1.54) is 11.9 Å². The van der Waals surface area contributed by atoms with Crippen molar-refractivity contribution < 1.29 is 22.9 Å². The van der Waals surface area contributed by atoms with E-state index in [0.717, 1.165) is 0 Å². The molecule has 2 amide bonds. The minimum absolute atomic E-state index is 0.182. The molecule has 3 aromatic rings. The van der Waals surface area contributed by atoms with E-state index < -0.39 is 11.7 Å². The Morgan fingerprint density at radius 1 is 1.16 bits per heavy atom. The van der Waals surface area contributed by atoms with Crippen molar-refractivity contribution in [2.24, 2.45) is 0 Å². The van der Waals surface area contributed by atoms with Crippen molar-refractivity contribution in [1.82, 2.24) is 10.1 Å². The highest BCUT2D eigenvalue weighted by Gasteiger charge is 2.19. The number of benzene rings is 2. The van der Waals surface area contributed by atoms with Crippen LogP contribution in [0.3, 0.4) is 0 Å². The number of likely N-dealkylation sites (N-methyl/N-ethyl adjacent to an activating group) is 1. The van der Waals surface area contributed by atoms with Crippen LogP contribution in [-0.4, -0.2) is 41.2 Å². The van der Waals surface area contributed by atoms with Gasteiger partial charge >= 0.3 is 0 Å². The fourth-order valence-electron chi connectivity index (χ4n) is 2.75. The van der Waals surface area contributed by atoms with Crippen LogP contribution >= 0.6 is 11.8 Å². The van der Waals surface area contributed by atoms with Gasteiger partial charge in [0.2, 0.25) is 5.91 Å². The molecule has 0 aliphatic rings. The highest BCUT2D eigenvalue weighted by Crippen LogP contribution is 2.28. The molecular weight excluding hydrogens is 426 g/mol. The van der Waals surface area contributed by atoms with E-state index in [2.05, 4.69) is 15.8 Å². The van der Waals surface area contributed by atoms with Crippen LogP contribution in [-0.2, 0) is 4.79 Å². The number of carbonyl (C=O) groups excluding carboxylic acids is 2. The fraction of sp³-hybridized carbons (Fsp3) is 0.190. The maximum absolute atomic E-state index is 12.9. The number of rotatable bonds is 8. The van der Waals surface area contributed by atoms with Crippen molar-refractivity contribution in [2.45, 2.75) is 17.6 Å². The normalized spacial score (nSPS) is 10.7. The van der Waals surface area contributed by atoms with Gasteiger partial charge in [-0.05, 0) is 43.3 Å². The van der Waals surface area contributed by atoms with Crippen molar-refractivity contribution in [2.75, 3.05) is 24.2 Å². The summed E-state index contributed by atoms with van der Waals surface area (Å²) in [5.41, 5.74) is 1.53. The summed E-state index contributed by atoms with van der Waals surface area (Å²) >= 11 is 0.463. The average molecular weight is 446 g/mol. The Morgan fingerprint density at radius 2 is 1.87 bits per heavy atom. The standard InChI is InChI=1S/C21H20F2N4O3S/c1-13-11-18(26-30-13)25-19(28)12-27(2)20(29)16-5-3-4-6-17(16)24-14-7-9-15(10-8-14)31-21(22)23/h3-11,21,24H,12H2,1-2H3,(H,25,26,28). The second-order valence-electron chi connectivity index (χ2n) is 6.61. The Bertz CT molecular complexity index is 1060. The van der Waals surface area contributed by atoms with E-state index in [-0.39, 0.29) is 18.3 Å². The van der Waals surface area contributed by atoms with Gasteiger partial charge in [-0.15, -0.1) is 0 Å². The number of alkyl halides is 2. The summed E-state index contributed by atoms with van der Waals surface area (Å²) in [5.74, 6) is -2.43. The Kier molecular flexibility index (Phi) is 7.24. The number of aromatic nitrogens is 1. The third-order valence-electron chi connectivity index (χ3n) is 4.14. The van der Waals surface area contributed by atoms with E-state index in [0.29, 0.717) is 39.4 Å². The van der Waals surface area contributed by atoms with Crippen LogP contribution in [0, 0.1) is 6.92 Å². The van der Waals surface area contributed by atoms with E-state index in [1.807, 2.05) is 0 Å². The van der Waals surface area contributed by atoms with Gasteiger partial charge in [0.25, 0.3) is 11.7 Å². The minimum Gasteiger partial charge on any atom is -0.360 e. The number of aryl methyl sites for hydroxylation is 1. The van der Waals surface area contributed by atoms with Crippen molar-refractivity contribution in [3.05, 3.63) is 65.9 Å². The maximum atomic E-state index is 12.9. The van der Waals surface area contributed by atoms with Gasteiger partial charge in [-0.2, -0.15) is 8.78 Å². The summed E-state index contributed by atoms with van der Waals surface area (Å²) in [5, 5.41) is 9.37. The Labute approximate surface area is 181 Å². The molecule has 0 atom stereocenters. The quantitative estimate of drug-likeness (QED) is 0.486. The highest BCUT2D eigenvalue weighted by atomic mass is 32.2. The molecule has 0 spiro atoms. The lowest BCUT2D eigenvalue weighted by Gasteiger charge is -2.19. The smallest absolute Gasteiger partial charge is 0.288 e. The van der Waals surface area contributed by atoms with Gasteiger partial charge < -0.3 is 20.1 Å². The van der Waals surface area contributed by atoms with E-state index in [9.17, 15) is 18.4 Å².